The van der Waals surface area contributed by atoms with Crippen LogP contribution in [0.4, 0.5) is 5.00 Å². The van der Waals surface area contributed by atoms with Crippen molar-refractivity contribution in [1.82, 2.24) is 0 Å². The van der Waals surface area contributed by atoms with Gasteiger partial charge in [-0.15, -0.1) is 23.1 Å². The lowest BCUT2D eigenvalue weighted by Crippen LogP contribution is -2.14. The molecule has 2 aromatic rings. The highest BCUT2D eigenvalue weighted by molar-refractivity contribution is 7.99. The Kier molecular flexibility index (Phi) is 6.21. The molecule has 0 saturated carbocycles. The van der Waals surface area contributed by atoms with Gasteiger partial charge in [0.05, 0.1) is 19.8 Å². The van der Waals surface area contributed by atoms with Gasteiger partial charge in [0.25, 0.3) is 0 Å². The molecule has 0 aliphatic heterocycles. The number of aryl methyl sites for hydroxylation is 1. The van der Waals surface area contributed by atoms with Crippen molar-refractivity contribution in [2.45, 2.75) is 30.6 Å². The maximum atomic E-state index is 12.3. The van der Waals surface area contributed by atoms with Gasteiger partial charge in [0.1, 0.15) is 10.8 Å². The Hall–Kier alpha value is -1.99. The first kappa shape index (κ1) is 18.8. The summed E-state index contributed by atoms with van der Waals surface area (Å²) in [7, 11) is 3.01. The van der Waals surface area contributed by atoms with E-state index in [1.54, 1.807) is 18.9 Å². The molecule has 0 unspecified atom stereocenters. The van der Waals surface area contributed by atoms with E-state index in [-0.39, 0.29) is 11.9 Å². The number of carbonyl (C=O) groups is 2. The molecule has 3 rings (SSSR count). The van der Waals surface area contributed by atoms with E-state index in [2.05, 4.69) is 5.32 Å². The number of thiophene rings is 1. The summed E-state index contributed by atoms with van der Waals surface area (Å²) in [5, 5.41) is 3.53. The Morgan fingerprint density at radius 1 is 1.19 bits per heavy atom. The van der Waals surface area contributed by atoms with Crippen molar-refractivity contribution >= 4 is 40.0 Å². The zero-order chi connectivity index (χ0) is 18.5. The first-order chi connectivity index (χ1) is 12.6. The number of ether oxygens (including phenoxy) is 2. The molecule has 1 aliphatic rings. The van der Waals surface area contributed by atoms with Crippen LogP contribution in [0.3, 0.4) is 0 Å². The van der Waals surface area contributed by atoms with Crippen molar-refractivity contribution in [2.75, 3.05) is 25.3 Å². The maximum absolute atomic E-state index is 12.3. The number of anilines is 1. The van der Waals surface area contributed by atoms with Crippen molar-refractivity contribution in [3.8, 4) is 5.75 Å². The summed E-state index contributed by atoms with van der Waals surface area (Å²) in [4.78, 5) is 26.7. The van der Waals surface area contributed by atoms with Crippen LogP contribution in [-0.2, 0) is 22.4 Å². The van der Waals surface area contributed by atoms with E-state index in [0.717, 1.165) is 35.5 Å². The Morgan fingerprint density at radius 3 is 2.65 bits per heavy atom. The molecule has 1 aliphatic carbocycles. The summed E-state index contributed by atoms with van der Waals surface area (Å²) in [6, 6.07) is 7.75. The van der Waals surface area contributed by atoms with Crippen molar-refractivity contribution in [3.63, 3.8) is 0 Å². The molecule has 0 atom stereocenters. The highest BCUT2D eigenvalue weighted by atomic mass is 32.2. The van der Waals surface area contributed by atoms with Gasteiger partial charge in [0, 0.05) is 21.9 Å². The molecule has 138 valence electrons. The van der Waals surface area contributed by atoms with E-state index in [0.29, 0.717) is 22.7 Å². The molecule has 1 aromatic heterocycles. The van der Waals surface area contributed by atoms with E-state index < -0.39 is 0 Å². The molecule has 1 N–H and O–H groups in total. The number of nitrogens with one attached hydrogen (secondary N) is 1. The minimum Gasteiger partial charge on any atom is -0.497 e. The number of thioether (sulfide) groups is 1. The number of rotatable bonds is 7. The molecule has 5 nitrogen and oxygen atoms in total. The molecule has 0 radical (unpaired) electrons. The maximum Gasteiger partial charge on any atom is 0.341 e. The summed E-state index contributed by atoms with van der Waals surface area (Å²) in [5.41, 5.74) is 1.59. The number of methoxy groups -OCH3 is 2. The Bertz CT molecular complexity index is 799. The van der Waals surface area contributed by atoms with Gasteiger partial charge in [-0.1, -0.05) is 0 Å². The minimum absolute atomic E-state index is 0.0870. The van der Waals surface area contributed by atoms with E-state index in [4.69, 9.17) is 9.47 Å². The lowest BCUT2D eigenvalue weighted by molar-refractivity contribution is -0.115. The van der Waals surface area contributed by atoms with Gasteiger partial charge >= 0.3 is 5.97 Å². The lowest BCUT2D eigenvalue weighted by Gasteiger charge is -2.07. The molecule has 1 heterocycles. The third kappa shape index (κ3) is 4.22. The van der Waals surface area contributed by atoms with Gasteiger partial charge < -0.3 is 14.8 Å². The number of amides is 1. The third-order valence-electron chi connectivity index (χ3n) is 4.22. The van der Waals surface area contributed by atoms with Crippen LogP contribution in [0, 0.1) is 0 Å². The Morgan fingerprint density at radius 2 is 1.96 bits per heavy atom. The van der Waals surface area contributed by atoms with E-state index >= 15 is 0 Å². The van der Waals surface area contributed by atoms with Crippen molar-refractivity contribution in [3.05, 3.63) is 40.3 Å². The smallest absolute Gasteiger partial charge is 0.341 e. The normalized spacial score (nSPS) is 12.5. The zero-order valence-electron chi connectivity index (χ0n) is 14.8. The second-order valence-corrected chi connectivity index (χ2v) is 8.15. The number of carbonyl (C=O) groups excluding carboxylic acids is 2. The first-order valence-corrected chi connectivity index (χ1v) is 10.2. The topological polar surface area (TPSA) is 64.6 Å². The predicted octanol–water partition coefficient (Wildman–Crippen LogP) is 4.15. The van der Waals surface area contributed by atoms with Crippen LogP contribution in [0.2, 0.25) is 0 Å². The fourth-order valence-corrected chi connectivity index (χ4v) is 5.08. The number of benzene rings is 1. The molecule has 26 heavy (non-hydrogen) atoms. The van der Waals surface area contributed by atoms with E-state index in [1.807, 2.05) is 24.3 Å². The molecule has 7 heteroatoms. The summed E-state index contributed by atoms with van der Waals surface area (Å²) < 4.78 is 10.0. The highest BCUT2D eigenvalue weighted by Crippen LogP contribution is 2.39. The summed E-state index contributed by atoms with van der Waals surface area (Å²) in [5.74, 6) is 1.02. The summed E-state index contributed by atoms with van der Waals surface area (Å²) in [6.45, 7) is 0. The number of esters is 1. The van der Waals surface area contributed by atoms with Gasteiger partial charge in [0.2, 0.25) is 5.91 Å². The summed E-state index contributed by atoms with van der Waals surface area (Å²) >= 11 is 3.11. The van der Waals surface area contributed by atoms with Crippen LogP contribution in [-0.4, -0.2) is 31.8 Å². The first-order valence-electron chi connectivity index (χ1n) is 8.42. The average molecular weight is 392 g/mol. The van der Waals surface area contributed by atoms with Crippen LogP contribution in [0.5, 0.6) is 5.75 Å². The van der Waals surface area contributed by atoms with Crippen LogP contribution in [0.25, 0.3) is 0 Å². The molecule has 0 bridgehead atoms. The van der Waals surface area contributed by atoms with Crippen molar-refractivity contribution in [2.24, 2.45) is 0 Å². The van der Waals surface area contributed by atoms with Crippen LogP contribution < -0.4 is 10.1 Å². The second-order valence-electron chi connectivity index (χ2n) is 5.88. The zero-order valence-corrected chi connectivity index (χ0v) is 16.4. The van der Waals surface area contributed by atoms with E-state index in [1.165, 1.54) is 23.3 Å². The fourth-order valence-electron chi connectivity index (χ4n) is 2.93. The third-order valence-corrected chi connectivity index (χ3v) is 6.44. The SMILES string of the molecule is COC(=O)c1c(NC(=O)CCSc2ccc(OC)cc2)sc2c1CCC2. The number of fused-ring (bicyclic) bond motifs is 1. The number of hydrogen-bond acceptors (Lipinski definition) is 6. The fraction of sp³-hybridized carbons (Fsp3) is 0.368. The highest BCUT2D eigenvalue weighted by Gasteiger charge is 2.27. The lowest BCUT2D eigenvalue weighted by atomic mass is 10.1. The molecular formula is C19H21NO4S2. The Balaban J connectivity index is 1.57. The monoisotopic (exact) mass is 391 g/mol. The van der Waals surface area contributed by atoms with Gasteiger partial charge in [-0.05, 0) is 49.1 Å². The Labute approximate surface area is 161 Å². The summed E-state index contributed by atoms with van der Waals surface area (Å²) in [6.07, 6.45) is 3.27. The minimum atomic E-state index is -0.368. The second kappa shape index (κ2) is 8.60. The van der Waals surface area contributed by atoms with Crippen LogP contribution in [0.1, 0.15) is 33.6 Å². The molecule has 1 amide bonds. The van der Waals surface area contributed by atoms with Gasteiger partial charge in [-0.25, -0.2) is 4.79 Å². The predicted molar refractivity (Wildman–Crippen MR) is 105 cm³/mol. The quantitative estimate of drug-likeness (QED) is 0.567. The molecule has 1 aromatic carbocycles. The van der Waals surface area contributed by atoms with Crippen molar-refractivity contribution in [1.29, 1.82) is 0 Å². The van der Waals surface area contributed by atoms with Gasteiger partial charge in [-0.3, -0.25) is 4.79 Å². The molecule has 0 fully saturated rings. The molecule has 0 saturated heterocycles. The molecule has 0 spiro atoms. The standard InChI is InChI=1S/C19H21NO4S2/c1-23-12-6-8-13(9-7-12)25-11-10-16(21)20-18-17(19(22)24-2)14-4-3-5-15(14)26-18/h6-9H,3-5,10-11H2,1-2H3,(H,20,21). The largest absolute Gasteiger partial charge is 0.497 e. The van der Waals surface area contributed by atoms with Crippen molar-refractivity contribution < 1.29 is 19.1 Å². The van der Waals surface area contributed by atoms with Gasteiger partial charge in [0.15, 0.2) is 0 Å². The number of hydrogen-bond donors (Lipinski definition) is 1. The van der Waals surface area contributed by atoms with Crippen LogP contribution in [0.15, 0.2) is 29.2 Å². The van der Waals surface area contributed by atoms with E-state index in [9.17, 15) is 9.59 Å². The molecular weight excluding hydrogens is 370 g/mol. The van der Waals surface area contributed by atoms with Gasteiger partial charge in [-0.2, -0.15) is 0 Å². The van der Waals surface area contributed by atoms with Crippen LogP contribution >= 0.6 is 23.1 Å². The average Bonchev–Trinajstić information content (AvgIpc) is 3.22.